The number of allylic oxidation sites excluding steroid dienone is 1. The van der Waals surface area contributed by atoms with Crippen LogP contribution in [0.1, 0.15) is 13.3 Å². The molecule has 0 spiro atoms. The zero-order valence-corrected chi connectivity index (χ0v) is 9.42. The van der Waals surface area contributed by atoms with Gasteiger partial charge in [0.1, 0.15) is 0 Å². The zero-order valence-electron chi connectivity index (χ0n) is 7.85. The number of nitrogens with one attached hydrogen (secondary N) is 1. The van der Waals surface area contributed by atoms with Crippen molar-refractivity contribution in [3.63, 3.8) is 0 Å². The van der Waals surface area contributed by atoms with Gasteiger partial charge in [0.15, 0.2) is 0 Å². The fraction of sp³-hybridized carbons (Fsp3) is 0.778. The molecule has 12 heavy (non-hydrogen) atoms. The molecule has 0 aliphatic rings. The number of thioether (sulfide) groups is 1. The number of rotatable bonds is 7. The van der Waals surface area contributed by atoms with E-state index in [1.54, 1.807) is 0 Å². The van der Waals surface area contributed by atoms with Crippen LogP contribution < -0.4 is 5.32 Å². The second kappa shape index (κ2) is 9.43. The maximum atomic E-state index is 5.48. The minimum Gasteiger partial charge on any atom is -0.311 e. The first-order valence-corrected chi connectivity index (χ1v) is 6.17. The molecule has 0 fully saturated rings. The van der Waals surface area contributed by atoms with Crippen molar-refractivity contribution in [2.45, 2.75) is 19.4 Å². The van der Waals surface area contributed by atoms with E-state index >= 15 is 0 Å². The van der Waals surface area contributed by atoms with Crippen molar-refractivity contribution in [1.82, 2.24) is 5.32 Å². The second-order valence-electron chi connectivity index (χ2n) is 2.72. The van der Waals surface area contributed by atoms with Crippen LogP contribution in [0, 0.1) is 0 Å². The highest BCUT2D eigenvalue weighted by atomic mass is 35.5. The zero-order chi connectivity index (χ0) is 9.23. The topological polar surface area (TPSA) is 12.0 Å². The van der Waals surface area contributed by atoms with Crippen molar-refractivity contribution in [2.75, 3.05) is 24.4 Å². The number of hydrogen-bond donors (Lipinski definition) is 1. The summed E-state index contributed by atoms with van der Waals surface area (Å²) in [5, 5.41) is 3.39. The Kier molecular flexibility index (Phi) is 9.70. The van der Waals surface area contributed by atoms with Gasteiger partial charge in [-0.1, -0.05) is 12.2 Å². The molecule has 1 atom stereocenters. The molecule has 72 valence electrons. The Morgan fingerprint density at radius 1 is 1.50 bits per heavy atom. The summed E-state index contributed by atoms with van der Waals surface area (Å²) in [7, 11) is 0. The van der Waals surface area contributed by atoms with Crippen LogP contribution in [0.25, 0.3) is 0 Å². The number of alkyl halides is 1. The molecule has 0 aliphatic heterocycles. The Balaban J connectivity index is 3.18. The lowest BCUT2D eigenvalue weighted by Crippen LogP contribution is -2.26. The van der Waals surface area contributed by atoms with E-state index in [2.05, 4.69) is 24.6 Å². The average Bonchev–Trinajstić information content (AvgIpc) is 2.09. The molecule has 1 nitrogen and oxygen atoms in total. The monoisotopic (exact) mass is 207 g/mol. The molecule has 0 aromatic carbocycles. The lowest BCUT2D eigenvalue weighted by atomic mass is 10.2. The minimum absolute atomic E-state index is 0.609. The van der Waals surface area contributed by atoms with Crippen LogP contribution in [-0.4, -0.2) is 30.5 Å². The summed E-state index contributed by atoms with van der Waals surface area (Å²) >= 11 is 7.38. The minimum atomic E-state index is 0.609. The third-order valence-corrected chi connectivity index (χ3v) is 2.42. The van der Waals surface area contributed by atoms with Gasteiger partial charge in [-0.3, -0.25) is 0 Å². The molecule has 1 unspecified atom stereocenters. The van der Waals surface area contributed by atoms with E-state index in [4.69, 9.17) is 11.6 Å². The molecule has 1 N–H and O–H groups in total. The van der Waals surface area contributed by atoms with Crippen molar-refractivity contribution in [1.29, 1.82) is 0 Å². The molecule has 0 saturated carbocycles. The lowest BCUT2D eigenvalue weighted by molar-refractivity contribution is 0.571. The summed E-state index contributed by atoms with van der Waals surface area (Å²) in [5.74, 6) is 1.84. The predicted octanol–water partition coefficient (Wildman–Crippen LogP) is 2.51. The Morgan fingerprint density at radius 2 is 2.25 bits per heavy atom. The van der Waals surface area contributed by atoms with Gasteiger partial charge in [0.05, 0.1) is 0 Å². The number of hydrogen-bond acceptors (Lipinski definition) is 2. The van der Waals surface area contributed by atoms with Gasteiger partial charge in [0.25, 0.3) is 0 Å². The fourth-order valence-corrected chi connectivity index (χ4v) is 1.53. The van der Waals surface area contributed by atoms with E-state index in [1.165, 1.54) is 12.2 Å². The molecule has 3 heteroatoms. The Morgan fingerprint density at radius 3 is 2.83 bits per heavy atom. The Labute approximate surface area is 84.9 Å². The summed E-state index contributed by atoms with van der Waals surface area (Å²) in [6, 6.07) is 0.609. The van der Waals surface area contributed by atoms with Crippen LogP contribution in [0.2, 0.25) is 0 Å². The Bertz CT molecular complexity index is 117. The van der Waals surface area contributed by atoms with Gasteiger partial charge in [-0.05, 0) is 25.4 Å². The molecule has 0 amide bonds. The highest BCUT2D eigenvalue weighted by molar-refractivity contribution is 7.98. The fourth-order valence-electron chi connectivity index (χ4n) is 0.812. The van der Waals surface area contributed by atoms with Crippen LogP contribution in [0.5, 0.6) is 0 Å². The molecular weight excluding hydrogens is 190 g/mol. The molecule has 0 heterocycles. The average molecular weight is 208 g/mol. The van der Waals surface area contributed by atoms with Crippen LogP contribution in [0.4, 0.5) is 0 Å². The molecule has 0 aliphatic carbocycles. The number of halogens is 1. The maximum absolute atomic E-state index is 5.48. The normalized spacial score (nSPS) is 13.9. The summed E-state index contributed by atoms with van der Waals surface area (Å²) in [5.41, 5.74) is 0. The van der Waals surface area contributed by atoms with Crippen LogP contribution in [0.15, 0.2) is 12.2 Å². The summed E-state index contributed by atoms with van der Waals surface area (Å²) < 4.78 is 0. The molecule has 0 rings (SSSR count). The standard InChI is InChI=1S/C9H18ClNS/c1-9(5-8-12-2)11-7-4-3-6-10/h3-4,9,11H,5-8H2,1-2H3/b4-3+. The van der Waals surface area contributed by atoms with Crippen molar-refractivity contribution >= 4 is 23.4 Å². The first kappa shape index (κ1) is 12.3. The largest absolute Gasteiger partial charge is 0.311 e. The quantitative estimate of drug-likeness (QED) is 0.509. The van der Waals surface area contributed by atoms with Crippen LogP contribution in [0.3, 0.4) is 0 Å². The maximum Gasteiger partial charge on any atom is 0.0404 e. The van der Waals surface area contributed by atoms with Crippen LogP contribution in [-0.2, 0) is 0 Å². The molecule has 0 saturated heterocycles. The van der Waals surface area contributed by atoms with Crippen molar-refractivity contribution in [3.05, 3.63) is 12.2 Å². The van der Waals surface area contributed by atoms with Gasteiger partial charge >= 0.3 is 0 Å². The van der Waals surface area contributed by atoms with E-state index < -0.39 is 0 Å². The predicted molar refractivity (Wildman–Crippen MR) is 60.3 cm³/mol. The highest BCUT2D eigenvalue weighted by Crippen LogP contribution is 1.99. The van der Waals surface area contributed by atoms with Crippen LogP contribution >= 0.6 is 23.4 Å². The van der Waals surface area contributed by atoms with E-state index in [9.17, 15) is 0 Å². The van der Waals surface area contributed by atoms with E-state index in [-0.39, 0.29) is 0 Å². The highest BCUT2D eigenvalue weighted by Gasteiger charge is 1.97. The van der Waals surface area contributed by atoms with E-state index in [0.29, 0.717) is 11.9 Å². The van der Waals surface area contributed by atoms with Crippen molar-refractivity contribution in [2.24, 2.45) is 0 Å². The third-order valence-electron chi connectivity index (χ3n) is 1.59. The molecule has 0 aromatic rings. The molecule has 0 radical (unpaired) electrons. The van der Waals surface area contributed by atoms with Gasteiger partial charge in [-0.2, -0.15) is 11.8 Å². The summed E-state index contributed by atoms with van der Waals surface area (Å²) in [6.07, 6.45) is 7.41. The van der Waals surface area contributed by atoms with Crippen molar-refractivity contribution in [3.8, 4) is 0 Å². The van der Waals surface area contributed by atoms with E-state index in [0.717, 1.165) is 6.54 Å². The van der Waals surface area contributed by atoms with Gasteiger partial charge in [-0.15, -0.1) is 11.6 Å². The van der Waals surface area contributed by atoms with E-state index in [1.807, 2.05) is 17.8 Å². The molecule has 0 aromatic heterocycles. The summed E-state index contributed by atoms with van der Waals surface area (Å²) in [4.78, 5) is 0. The molecular formula is C9H18ClNS. The summed E-state index contributed by atoms with van der Waals surface area (Å²) in [6.45, 7) is 3.15. The third kappa shape index (κ3) is 8.44. The Hall–Kier alpha value is 0.340. The van der Waals surface area contributed by atoms with Crippen molar-refractivity contribution < 1.29 is 0 Å². The first-order valence-electron chi connectivity index (χ1n) is 4.24. The van der Waals surface area contributed by atoms with Gasteiger partial charge in [-0.25, -0.2) is 0 Å². The second-order valence-corrected chi connectivity index (χ2v) is 4.01. The van der Waals surface area contributed by atoms with Gasteiger partial charge < -0.3 is 5.32 Å². The SMILES string of the molecule is CSCCC(C)NC/C=C/CCl. The smallest absolute Gasteiger partial charge is 0.0404 e. The van der Waals surface area contributed by atoms with Gasteiger partial charge in [0.2, 0.25) is 0 Å². The van der Waals surface area contributed by atoms with Gasteiger partial charge in [0, 0.05) is 18.5 Å². The first-order chi connectivity index (χ1) is 5.81. The lowest BCUT2D eigenvalue weighted by Gasteiger charge is -2.10. The molecule has 0 bridgehead atoms.